The molecule has 1 aromatic rings. The molecule has 0 bridgehead atoms. The number of phenolic OH excluding ortho intramolecular Hbond substituents is 2. The highest BCUT2D eigenvalue weighted by Gasteiger charge is 2.28. The molecule has 1 aliphatic rings. The van der Waals surface area contributed by atoms with Crippen LogP contribution in [-0.4, -0.2) is 40.2 Å². The summed E-state index contributed by atoms with van der Waals surface area (Å²) in [4.78, 5) is 14.0. The highest BCUT2D eigenvalue weighted by atomic mass is 16.3. The lowest BCUT2D eigenvalue weighted by Gasteiger charge is -2.35. The molecule has 18 heavy (non-hydrogen) atoms. The fraction of sp³-hybridized carbons (Fsp3) is 0.462. The first-order chi connectivity index (χ1) is 8.63. The molecule has 1 aliphatic heterocycles. The quantitative estimate of drug-likeness (QED) is 0.685. The highest BCUT2D eigenvalue weighted by molar-refractivity contribution is 5.97. The van der Waals surface area contributed by atoms with Gasteiger partial charge in [-0.3, -0.25) is 4.79 Å². The van der Waals surface area contributed by atoms with Gasteiger partial charge < -0.3 is 20.8 Å². The van der Waals surface area contributed by atoms with Crippen molar-refractivity contribution in [3.63, 3.8) is 0 Å². The van der Waals surface area contributed by atoms with E-state index >= 15 is 0 Å². The maximum Gasteiger partial charge on any atom is 0.258 e. The van der Waals surface area contributed by atoms with Gasteiger partial charge in [0, 0.05) is 19.1 Å². The van der Waals surface area contributed by atoms with Crippen LogP contribution in [-0.2, 0) is 0 Å². The van der Waals surface area contributed by atoms with E-state index in [1.807, 2.05) is 0 Å². The molecular formula is C13H18N2O3. The number of carbonyl (C=O) groups excluding carboxylic acids is 1. The van der Waals surface area contributed by atoms with E-state index < -0.39 is 0 Å². The van der Waals surface area contributed by atoms with Crippen LogP contribution in [0, 0.1) is 0 Å². The molecule has 1 saturated heterocycles. The Hall–Kier alpha value is -1.75. The summed E-state index contributed by atoms with van der Waals surface area (Å²) in [5.74, 6) is -0.407. The predicted molar refractivity (Wildman–Crippen MR) is 67.5 cm³/mol. The second kappa shape index (κ2) is 5.27. The zero-order chi connectivity index (χ0) is 13.1. The third-order valence-corrected chi connectivity index (χ3v) is 3.37. The SMILES string of the molecule is NCC1CCCCN1C(=O)c1cc(O)ccc1O. The van der Waals surface area contributed by atoms with E-state index in [1.54, 1.807) is 4.90 Å². The fourth-order valence-electron chi connectivity index (χ4n) is 2.36. The lowest BCUT2D eigenvalue weighted by molar-refractivity contribution is 0.0620. The second-order valence-corrected chi connectivity index (χ2v) is 4.59. The average Bonchev–Trinajstić information content (AvgIpc) is 2.40. The summed E-state index contributed by atoms with van der Waals surface area (Å²) < 4.78 is 0. The summed E-state index contributed by atoms with van der Waals surface area (Å²) in [6.07, 6.45) is 2.90. The van der Waals surface area contributed by atoms with Crippen LogP contribution < -0.4 is 5.73 Å². The molecule has 1 fully saturated rings. The van der Waals surface area contributed by atoms with Crippen LogP contribution in [0.1, 0.15) is 29.6 Å². The maximum absolute atomic E-state index is 12.3. The second-order valence-electron chi connectivity index (χ2n) is 4.59. The number of rotatable bonds is 2. The number of piperidine rings is 1. The number of carbonyl (C=O) groups is 1. The molecule has 0 aromatic heterocycles. The van der Waals surface area contributed by atoms with E-state index in [-0.39, 0.29) is 29.0 Å². The first-order valence-electron chi connectivity index (χ1n) is 6.16. The first-order valence-corrected chi connectivity index (χ1v) is 6.16. The zero-order valence-electron chi connectivity index (χ0n) is 10.2. The summed E-state index contributed by atoms with van der Waals surface area (Å²) >= 11 is 0. The van der Waals surface area contributed by atoms with Crippen molar-refractivity contribution >= 4 is 5.91 Å². The van der Waals surface area contributed by atoms with E-state index in [0.29, 0.717) is 13.1 Å². The monoisotopic (exact) mass is 250 g/mol. The van der Waals surface area contributed by atoms with Crippen LogP contribution in [0.25, 0.3) is 0 Å². The summed E-state index contributed by atoms with van der Waals surface area (Å²) in [6.45, 7) is 1.07. The van der Waals surface area contributed by atoms with Crippen LogP contribution in [0.4, 0.5) is 0 Å². The number of benzene rings is 1. The van der Waals surface area contributed by atoms with Gasteiger partial charge in [-0.05, 0) is 37.5 Å². The van der Waals surface area contributed by atoms with Gasteiger partial charge in [0.25, 0.3) is 5.91 Å². The molecule has 5 heteroatoms. The van der Waals surface area contributed by atoms with Crippen LogP contribution in [0.3, 0.4) is 0 Å². The molecule has 98 valence electrons. The Morgan fingerprint density at radius 1 is 1.39 bits per heavy atom. The molecule has 4 N–H and O–H groups in total. The molecule has 2 rings (SSSR count). The molecule has 0 saturated carbocycles. The molecule has 1 heterocycles. The fourth-order valence-corrected chi connectivity index (χ4v) is 2.36. The largest absolute Gasteiger partial charge is 0.508 e. The molecule has 0 spiro atoms. The third-order valence-electron chi connectivity index (χ3n) is 3.37. The number of likely N-dealkylation sites (tertiary alicyclic amines) is 1. The van der Waals surface area contributed by atoms with Crippen LogP contribution in [0.5, 0.6) is 11.5 Å². The predicted octanol–water partition coefficient (Wildman–Crippen LogP) is 1.05. The van der Waals surface area contributed by atoms with Crippen molar-refractivity contribution < 1.29 is 15.0 Å². The molecule has 1 aromatic carbocycles. The topological polar surface area (TPSA) is 86.8 Å². The van der Waals surface area contributed by atoms with Gasteiger partial charge in [0.1, 0.15) is 11.5 Å². The van der Waals surface area contributed by atoms with Crippen molar-refractivity contribution in [1.29, 1.82) is 0 Å². The van der Waals surface area contributed by atoms with Gasteiger partial charge in [-0.15, -0.1) is 0 Å². The average molecular weight is 250 g/mol. The van der Waals surface area contributed by atoms with Crippen molar-refractivity contribution in [2.45, 2.75) is 25.3 Å². The lowest BCUT2D eigenvalue weighted by Crippen LogP contribution is -2.47. The number of amides is 1. The van der Waals surface area contributed by atoms with Crippen LogP contribution in [0.15, 0.2) is 18.2 Å². The van der Waals surface area contributed by atoms with Crippen LogP contribution >= 0.6 is 0 Å². The van der Waals surface area contributed by atoms with Crippen molar-refractivity contribution in [3.8, 4) is 11.5 Å². The summed E-state index contributed by atoms with van der Waals surface area (Å²) in [5.41, 5.74) is 5.81. The maximum atomic E-state index is 12.3. The smallest absolute Gasteiger partial charge is 0.258 e. The van der Waals surface area contributed by atoms with Gasteiger partial charge >= 0.3 is 0 Å². The molecule has 0 aliphatic carbocycles. The van der Waals surface area contributed by atoms with Crippen LogP contribution in [0.2, 0.25) is 0 Å². The lowest BCUT2D eigenvalue weighted by atomic mass is 10.0. The van der Waals surface area contributed by atoms with Crippen molar-refractivity contribution in [1.82, 2.24) is 4.90 Å². The standard InChI is InChI=1S/C13H18N2O3/c14-8-9-3-1-2-6-15(9)13(18)11-7-10(16)4-5-12(11)17/h4-5,7,9,16-17H,1-3,6,8,14H2. The van der Waals surface area contributed by atoms with E-state index in [1.165, 1.54) is 18.2 Å². The van der Waals surface area contributed by atoms with Gasteiger partial charge in [0.05, 0.1) is 5.56 Å². The van der Waals surface area contributed by atoms with E-state index in [2.05, 4.69) is 0 Å². The van der Waals surface area contributed by atoms with Gasteiger partial charge in [-0.2, -0.15) is 0 Å². The first kappa shape index (κ1) is 12.7. The number of nitrogens with zero attached hydrogens (tertiary/aromatic N) is 1. The number of nitrogens with two attached hydrogens (primary N) is 1. The minimum Gasteiger partial charge on any atom is -0.508 e. The molecule has 5 nitrogen and oxygen atoms in total. The summed E-state index contributed by atoms with van der Waals surface area (Å²) in [5, 5.41) is 19.1. The zero-order valence-corrected chi connectivity index (χ0v) is 10.2. The molecule has 1 amide bonds. The minimum atomic E-state index is -0.265. The van der Waals surface area contributed by atoms with E-state index in [9.17, 15) is 15.0 Å². The number of hydrogen-bond acceptors (Lipinski definition) is 4. The van der Waals surface area contributed by atoms with Gasteiger partial charge in [-0.1, -0.05) is 0 Å². The van der Waals surface area contributed by atoms with E-state index in [4.69, 9.17) is 5.73 Å². The molecular weight excluding hydrogens is 232 g/mol. The normalized spacial score (nSPS) is 19.8. The molecule has 1 atom stereocenters. The summed E-state index contributed by atoms with van der Waals surface area (Å²) in [7, 11) is 0. The summed E-state index contributed by atoms with van der Waals surface area (Å²) in [6, 6.07) is 3.99. The van der Waals surface area contributed by atoms with Gasteiger partial charge in [0.2, 0.25) is 0 Å². The number of aromatic hydroxyl groups is 2. The Bertz CT molecular complexity index is 448. The highest BCUT2D eigenvalue weighted by Crippen LogP contribution is 2.26. The Kier molecular flexibility index (Phi) is 3.72. The number of phenols is 2. The number of hydrogen-bond donors (Lipinski definition) is 3. The Balaban J connectivity index is 2.26. The Morgan fingerprint density at radius 2 is 2.17 bits per heavy atom. The minimum absolute atomic E-state index is 0.0213. The molecule has 1 unspecified atom stereocenters. The van der Waals surface area contributed by atoms with Gasteiger partial charge in [0.15, 0.2) is 0 Å². The third kappa shape index (κ3) is 2.41. The van der Waals surface area contributed by atoms with Crippen molar-refractivity contribution in [3.05, 3.63) is 23.8 Å². The van der Waals surface area contributed by atoms with E-state index in [0.717, 1.165) is 19.3 Å². The molecule has 0 radical (unpaired) electrons. The Labute approximate surface area is 106 Å². The van der Waals surface area contributed by atoms with Crippen molar-refractivity contribution in [2.75, 3.05) is 13.1 Å². The van der Waals surface area contributed by atoms with Crippen molar-refractivity contribution in [2.24, 2.45) is 5.73 Å². The Morgan fingerprint density at radius 3 is 2.89 bits per heavy atom. The van der Waals surface area contributed by atoms with Gasteiger partial charge in [-0.25, -0.2) is 0 Å².